The van der Waals surface area contributed by atoms with Gasteiger partial charge < -0.3 is 0 Å². The number of hydrogen-bond donors (Lipinski definition) is 0. The summed E-state index contributed by atoms with van der Waals surface area (Å²) in [5.41, 5.74) is 2.72. The first kappa shape index (κ1) is 22.5. The van der Waals surface area contributed by atoms with Crippen molar-refractivity contribution in [3.63, 3.8) is 0 Å². The van der Waals surface area contributed by atoms with Gasteiger partial charge in [0.2, 0.25) is 0 Å². The van der Waals surface area contributed by atoms with Crippen molar-refractivity contribution in [1.82, 2.24) is 0 Å². The van der Waals surface area contributed by atoms with Crippen LogP contribution in [0.1, 0.15) is 85.5 Å². The van der Waals surface area contributed by atoms with E-state index in [1.165, 1.54) is 32.1 Å². The third-order valence-corrected chi connectivity index (χ3v) is 16.7. The van der Waals surface area contributed by atoms with Crippen LogP contribution in [0.4, 0.5) is 0 Å². The lowest BCUT2D eigenvalue weighted by atomic mass is 9.53. The topological polar surface area (TPSA) is 0 Å². The summed E-state index contributed by atoms with van der Waals surface area (Å²) >= 11 is 0. The Morgan fingerprint density at radius 3 is 2.45 bits per heavy atom. The van der Waals surface area contributed by atoms with Gasteiger partial charge in [-0.1, -0.05) is 77.9 Å². The molecule has 0 aliphatic heterocycles. The molecule has 0 bridgehead atoms. The van der Waals surface area contributed by atoms with Crippen molar-refractivity contribution in [3.8, 4) is 0 Å². The molecule has 0 aromatic rings. The van der Waals surface area contributed by atoms with Gasteiger partial charge in [0.1, 0.15) is 0 Å². The molecule has 9 unspecified atom stereocenters. The Morgan fingerprint density at radius 2 is 1.68 bits per heavy atom. The average molecular weight is 439 g/mol. The largest absolute Gasteiger partial charge is 0.0808 e. The van der Waals surface area contributed by atoms with Gasteiger partial charge in [-0.3, -0.25) is 0 Å². The van der Waals surface area contributed by atoms with Crippen LogP contribution in [0.25, 0.3) is 0 Å². The van der Waals surface area contributed by atoms with Crippen molar-refractivity contribution in [3.05, 3.63) is 24.3 Å². The summed E-state index contributed by atoms with van der Waals surface area (Å²) in [6, 6.07) is 0. The van der Waals surface area contributed by atoms with Gasteiger partial charge in [0.15, 0.2) is 0 Å². The molecule has 0 aromatic carbocycles. The zero-order chi connectivity index (χ0) is 22.0. The molecule has 174 valence electrons. The molecule has 0 radical (unpaired) electrons. The lowest BCUT2D eigenvalue weighted by Gasteiger charge is -2.54. The summed E-state index contributed by atoms with van der Waals surface area (Å²) in [4.78, 5) is 0. The van der Waals surface area contributed by atoms with E-state index in [4.69, 9.17) is 0 Å². The molecule has 31 heavy (non-hydrogen) atoms. The third kappa shape index (κ3) is 3.77. The number of rotatable bonds is 4. The first-order valence-electron chi connectivity index (χ1n) is 14.0. The average Bonchev–Trinajstić information content (AvgIpc) is 3.30. The maximum atomic E-state index is 2.85. The molecule has 5 rings (SSSR count). The minimum absolute atomic E-state index is 0.596. The van der Waals surface area contributed by atoms with E-state index in [0.29, 0.717) is 5.41 Å². The van der Waals surface area contributed by atoms with Crippen LogP contribution in [-0.4, -0.2) is 8.07 Å². The van der Waals surface area contributed by atoms with Crippen molar-refractivity contribution in [2.75, 3.05) is 0 Å². The summed E-state index contributed by atoms with van der Waals surface area (Å²) in [7, 11) is -1.32. The highest BCUT2D eigenvalue weighted by Crippen LogP contribution is 2.67. The second kappa shape index (κ2) is 8.17. The van der Waals surface area contributed by atoms with Crippen LogP contribution in [0.5, 0.6) is 0 Å². The molecule has 0 N–H and O–H groups in total. The monoisotopic (exact) mass is 438 g/mol. The van der Waals surface area contributed by atoms with Gasteiger partial charge >= 0.3 is 0 Å². The summed E-state index contributed by atoms with van der Waals surface area (Å²) in [5.74, 6) is 7.84. The van der Waals surface area contributed by atoms with Gasteiger partial charge in [-0.15, -0.1) is 0 Å². The highest BCUT2D eigenvalue weighted by molar-refractivity contribution is 6.80. The zero-order valence-electron chi connectivity index (χ0n) is 21.4. The lowest BCUT2D eigenvalue weighted by Crippen LogP contribution is -2.47. The van der Waals surface area contributed by atoms with E-state index in [2.05, 4.69) is 65.1 Å². The Balaban J connectivity index is 1.44. The van der Waals surface area contributed by atoms with E-state index in [-0.39, 0.29) is 0 Å². The van der Waals surface area contributed by atoms with Gasteiger partial charge in [0.05, 0.1) is 8.07 Å². The molecule has 5 aliphatic carbocycles. The first-order chi connectivity index (χ1) is 14.7. The highest BCUT2D eigenvalue weighted by atomic mass is 28.3. The summed E-state index contributed by atoms with van der Waals surface area (Å²) in [6.45, 7) is 15.9. The van der Waals surface area contributed by atoms with Crippen molar-refractivity contribution in [1.29, 1.82) is 0 Å². The molecule has 0 spiro atoms. The first-order valence-corrected chi connectivity index (χ1v) is 17.2. The van der Waals surface area contributed by atoms with Crippen LogP contribution in [0.15, 0.2) is 24.3 Å². The SMILES string of the molecule is CC(C)CC1CC([Si](C)(C)C2CCC3C=CC=CC32)C2CCC3C(CCCC3(C)C)C12. The van der Waals surface area contributed by atoms with Crippen molar-refractivity contribution < 1.29 is 0 Å². The maximum absolute atomic E-state index is 2.85. The summed E-state index contributed by atoms with van der Waals surface area (Å²) in [5, 5.41) is 0. The van der Waals surface area contributed by atoms with E-state index >= 15 is 0 Å². The second-order valence-corrected chi connectivity index (χ2v) is 19.3. The molecule has 0 heterocycles. The zero-order valence-corrected chi connectivity index (χ0v) is 22.4. The van der Waals surface area contributed by atoms with E-state index in [1.807, 2.05) is 0 Å². The number of allylic oxidation sites excluding steroid dienone is 4. The quantitative estimate of drug-likeness (QED) is 0.384. The highest BCUT2D eigenvalue weighted by Gasteiger charge is 2.59. The Kier molecular flexibility index (Phi) is 5.93. The summed E-state index contributed by atoms with van der Waals surface area (Å²) < 4.78 is 0. The van der Waals surface area contributed by atoms with Crippen LogP contribution in [0, 0.1) is 52.8 Å². The molecule has 0 amide bonds. The molecule has 4 fully saturated rings. The fourth-order valence-electron chi connectivity index (χ4n) is 10.3. The fraction of sp³-hybridized carbons (Fsp3) is 0.867. The van der Waals surface area contributed by atoms with E-state index in [0.717, 1.165) is 58.4 Å². The number of fused-ring (bicyclic) bond motifs is 4. The molecular formula is C30H50Si. The standard InChI is InChI=1S/C30H50Si/c1-20(2)18-22-19-28(31(5,6)27-16-13-21-10-7-8-11-23(21)27)25-14-15-26-24(29(22)25)12-9-17-30(26,3)4/h7-8,10-11,20-29H,9,12-19H2,1-6H3. The molecule has 0 saturated heterocycles. The molecule has 0 nitrogen and oxygen atoms in total. The van der Waals surface area contributed by atoms with E-state index in [1.54, 1.807) is 25.7 Å². The molecule has 9 atom stereocenters. The minimum Gasteiger partial charge on any atom is -0.0808 e. The van der Waals surface area contributed by atoms with Crippen molar-refractivity contribution in [2.24, 2.45) is 52.8 Å². The van der Waals surface area contributed by atoms with Crippen LogP contribution in [0.2, 0.25) is 24.2 Å². The predicted molar refractivity (Wildman–Crippen MR) is 138 cm³/mol. The molecule has 4 saturated carbocycles. The van der Waals surface area contributed by atoms with Gasteiger partial charge in [-0.25, -0.2) is 0 Å². The Morgan fingerprint density at radius 1 is 0.903 bits per heavy atom. The van der Waals surface area contributed by atoms with Crippen LogP contribution < -0.4 is 0 Å². The fourth-order valence-corrected chi connectivity index (χ4v) is 15.6. The maximum Gasteiger partial charge on any atom is 0.0544 e. The van der Waals surface area contributed by atoms with Gasteiger partial charge in [-0.2, -0.15) is 0 Å². The molecule has 0 aromatic heterocycles. The van der Waals surface area contributed by atoms with E-state index < -0.39 is 8.07 Å². The Hall–Kier alpha value is -0.303. The Labute approximate surface area is 194 Å². The predicted octanol–water partition coefficient (Wildman–Crippen LogP) is 9.12. The van der Waals surface area contributed by atoms with Crippen LogP contribution >= 0.6 is 0 Å². The minimum atomic E-state index is -1.32. The van der Waals surface area contributed by atoms with Crippen molar-refractivity contribution in [2.45, 2.75) is 110 Å². The van der Waals surface area contributed by atoms with Crippen molar-refractivity contribution >= 4 is 8.07 Å². The molecular weight excluding hydrogens is 388 g/mol. The normalized spacial score (nSPS) is 46.1. The van der Waals surface area contributed by atoms with Crippen LogP contribution in [-0.2, 0) is 0 Å². The molecule has 1 heteroatoms. The van der Waals surface area contributed by atoms with E-state index in [9.17, 15) is 0 Å². The van der Waals surface area contributed by atoms with Gasteiger partial charge in [0.25, 0.3) is 0 Å². The third-order valence-electron chi connectivity index (χ3n) is 11.6. The summed E-state index contributed by atoms with van der Waals surface area (Å²) in [6.07, 6.45) is 23.6. The lowest BCUT2D eigenvalue weighted by molar-refractivity contribution is -0.0299. The van der Waals surface area contributed by atoms with Gasteiger partial charge in [0, 0.05) is 0 Å². The van der Waals surface area contributed by atoms with Crippen LogP contribution in [0.3, 0.4) is 0 Å². The number of hydrogen-bond acceptors (Lipinski definition) is 0. The second-order valence-electron chi connectivity index (χ2n) is 14.2. The smallest absolute Gasteiger partial charge is 0.0544 e. The molecule has 5 aliphatic rings. The van der Waals surface area contributed by atoms with Gasteiger partial charge in [-0.05, 0) is 109 Å². The Bertz CT molecular complexity index is 712.